The van der Waals surface area contributed by atoms with Crippen molar-refractivity contribution in [2.24, 2.45) is 0 Å². The monoisotopic (exact) mass is 599 g/mol. The van der Waals surface area contributed by atoms with Gasteiger partial charge in [-0.1, -0.05) is 25.0 Å². The number of anilines is 3. The number of carbonyl (C=O) groups excluding carboxylic acids is 1. The molecule has 1 aromatic heterocycles. The molecule has 2 fully saturated rings. The van der Waals surface area contributed by atoms with Crippen molar-refractivity contribution in [2.75, 3.05) is 28.6 Å². The maximum atomic E-state index is 13.0. The Hall–Kier alpha value is -3.73. The first kappa shape index (κ1) is 30.7. The second kappa shape index (κ2) is 12.9. The molecule has 1 saturated carbocycles. The summed E-state index contributed by atoms with van der Waals surface area (Å²) in [5.41, 5.74) is 0.959. The minimum absolute atomic E-state index is 0.127. The number of rotatable bonds is 7. The molecule has 8 nitrogen and oxygen atoms in total. The molecule has 0 unspecified atom stereocenters. The van der Waals surface area contributed by atoms with Crippen LogP contribution < -0.4 is 20.9 Å². The number of hydrogen-bond donors (Lipinski definition) is 3. The smallest absolute Gasteiger partial charge is 0.416 e. The molecule has 3 aromatic rings. The van der Waals surface area contributed by atoms with Gasteiger partial charge in [0.1, 0.15) is 5.60 Å². The lowest BCUT2D eigenvalue weighted by molar-refractivity contribution is -0.137. The minimum Gasteiger partial charge on any atom is -0.444 e. The number of aromatic nitrogens is 1. The van der Waals surface area contributed by atoms with E-state index < -0.39 is 23.4 Å². The van der Waals surface area contributed by atoms with E-state index in [0.29, 0.717) is 17.5 Å². The van der Waals surface area contributed by atoms with Gasteiger partial charge in [0.2, 0.25) is 0 Å². The van der Waals surface area contributed by atoms with Gasteiger partial charge in [-0.2, -0.15) is 13.2 Å². The fourth-order valence-electron chi connectivity index (χ4n) is 5.82. The first-order chi connectivity index (χ1) is 20.4. The zero-order chi connectivity index (χ0) is 30.6. The standard InChI is InChI=1S/C32H40F3N5O3/c1-31(2,3)43-30(41)38-23-9-6-8-21(18-23)28-19-36-29(42-28)39-27-12-5-4-11-26(27)37-24-10-7-17-40(20-24)25-15-13-22(14-16-25)32(33,34)35/h6,8-9,13-16,18-19,24,26-27,37H,4-5,7,10-12,17,20H2,1-3H3,(H,36,39)(H,38,41)/t24-,26+,27+/m0/s1. The van der Waals surface area contributed by atoms with Crippen LogP contribution in [0.4, 0.5) is 35.4 Å². The maximum Gasteiger partial charge on any atom is 0.416 e. The van der Waals surface area contributed by atoms with Gasteiger partial charge in [-0.15, -0.1) is 0 Å². The van der Waals surface area contributed by atoms with Crippen molar-refractivity contribution in [1.82, 2.24) is 10.3 Å². The van der Waals surface area contributed by atoms with Gasteiger partial charge in [-0.05, 0) is 82.9 Å². The Kier molecular flexibility index (Phi) is 9.19. The van der Waals surface area contributed by atoms with E-state index in [1.165, 1.54) is 0 Å². The molecule has 0 spiro atoms. The average molecular weight is 600 g/mol. The Morgan fingerprint density at radius 3 is 2.47 bits per heavy atom. The third-order valence-corrected chi connectivity index (χ3v) is 7.80. The number of halogens is 3. The summed E-state index contributed by atoms with van der Waals surface area (Å²) in [6.45, 7) is 7.00. The van der Waals surface area contributed by atoms with Crippen LogP contribution in [-0.4, -0.2) is 47.9 Å². The summed E-state index contributed by atoms with van der Waals surface area (Å²) in [4.78, 5) is 18.8. The van der Waals surface area contributed by atoms with Gasteiger partial charge >= 0.3 is 12.3 Å². The molecule has 3 atom stereocenters. The van der Waals surface area contributed by atoms with Crippen molar-refractivity contribution >= 4 is 23.5 Å². The number of ether oxygens (including phenoxy) is 1. The van der Waals surface area contributed by atoms with Crippen molar-refractivity contribution < 1.29 is 27.1 Å². The first-order valence-electron chi connectivity index (χ1n) is 14.9. The molecule has 1 saturated heterocycles. The molecule has 1 aliphatic carbocycles. The van der Waals surface area contributed by atoms with Crippen molar-refractivity contribution in [1.29, 1.82) is 0 Å². The number of alkyl halides is 3. The number of nitrogens with zero attached hydrogens (tertiary/aromatic N) is 2. The molecule has 2 heterocycles. The topological polar surface area (TPSA) is 91.7 Å². The van der Waals surface area contributed by atoms with Crippen LogP contribution in [0.2, 0.25) is 0 Å². The van der Waals surface area contributed by atoms with Gasteiger partial charge < -0.3 is 24.7 Å². The number of piperidine rings is 1. The third kappa shape index (κ3) is 8.43. The zero-order valence-corrected chi connectivity index (χ0v) is 24.8. The van der Waals surface area contributed by atoms with E-state index in [1.807, 2.05) is 39.0 Å². The Morgan fingerprint density at radius 2 is 1.74 bits per heavy atom. The van der Waals surface area contributed by atoms with Crippen molar-refractivity contribution in [3.8, 4) is 11.3 Å². The van der Waals surface area contributed by atoms with Gasteiger partial charge in [0.05, 0.1) is 11.8 Å². The highest BCUT2D eigenvalue weighted by atomic mass is 19.4. The Labute approximate surface area is 250 Å². The summed E-state index contributed by atoms with van der Waals surface area (Å²) in [6.07, 6.45) is 3.00. The fourth-order valence-corrected chi connectivity index (χ4v) is 5.82. The molecular formula is C32H40F3N5O3. The normalized spacial score (nSPS) is 21.3. The van der Waals surface area contributed by atoms with Crippen LogP contribution >= 0.6 is 0 Å². The lowest BCUT2D eigenvalue weighted by atomic mass is 9.89. The van der Waals surface area contributed by atoms with Gasteiger partial charge in [0.15, 0.2) is 5.76 Å². The second-order valence-electron chi connectivity index (χ2n) is 12.4. The molecule has 2 aromatic carbocycles. The van der Waals surface area contributed by atoms with Gasteiger partial charge in [0, 0.05) is 48.2 Å². The van der Waals surface area contributed by atoms with Gasteiger partial charge in [-0.3, -0.25) is 5.32 Å². The zero-order valence-electron chi connectivity index (χ0n) is 24.8. The fraction of sp³-hybridized carbons (Fsp3) is 0.500. The van der Waals surface area contributed by atoms with Crippen LogP contribution in [-0.2, 0) is 10.9 Å². The van der Waals surface area contributed by atoms with Gasteiger partial charge in [0.25, 0.3) is 6.01 Å². The molecule has 43 heavy (non-hydrogen) atoms. The Bertz CT molecular complexity index is 1370. The van der Waals surface area contributed by atoms with Crippen LogP contribution in [0.25, 0.3) is 11.3 Å². The number of nitrogens with one attached hydrogen (secondary N) is 3. The quantitative estimate of drug-likeness (QED) is 0.256. The van der Waals surface area contributed by atoms with E-state index in [2.05, 4.69) is 25.8 Å². The molecular weight excluding hydrogens is 559 g/mol. The number of benzene rings is 2. The molecule has 0 bridgehead atoms. The second-order valence-corrected chi connectivity index (χ2v) is 12.4. The van der Waals surface area contributed by atoms with Crippen LogP contribution in [0, 0.1) is 0 Å². The summed E-state index contributed by atoms with van der Waals surface area (Å²) in [6, 6.07) is 13.8. The molecule has 232 valence electrons. The summed E-state index contributed by atoms with van der Waals surface area (Å²) in [7, 11) is 0. The molecule has 2 aliphatic rings. The van der Waals surface area contributed by atoms with Crippen LogP contribution in [0.1, 0.15) is 64.9 Å². The maximum absolute atomic E-state index is 13.0. The van der Waals surface area contributed by atoms with E-state index in [-0.39, 0.29) is 18.1 Å². The SMILES string of the molecule is CC(C)(C)OC(=O)Nc1cccc(-c2cnc(N[C@@H]3CCCC[C@H]3N[C@H]3CCCN(c4ccc(C(F)(F)F)cc4)C3)o2)c1. The largest absolute Gasteiger partial charge is 0.444 e. The molecule has 11 heteroatoms. The van der Waals surface area contributed by atoms with E-state index >= 15 is 0 Å². The number of oxazole rings is 1. The van der Waals surface area contributed by atoms with E-state index in [9.17, 15) is 18.0 Å². The molecule has 3 N–H and O–H groups in total. The number of hydrogen-bond acceptors (Lipinski definition) is 7. The third-order valence-electron chi connectivity index (χ3n) is 7.80. The lowest BCUT2D eigenvalue weighted by Crippen LogP contribution is -2.54. The highest BCUT2D eigenvalue weighted by Crippen LogP contribution is 2.32. The predicted octanol–water partition coefficient (Wildman–Crippen LogP) is 7.69. The molecule has 1 aliphatic heterocycles. The Balaban J connectivity index is 1.19. The minimum atomic E-state index is -4.33. The van der Waals surface area contributed by atoms with Crippen LogP contribution in [0.15, 0.2) is 59.1 Å². The Morgan fingerprint density at radius 1 is 1.00 bits per heavy atom. The van der Waals surface area contributed by atoms with Crippen molar-refractivity contribution in [3.63, 3.8) is 0 Å². The van der Waals surface area contributed by atoms with Crippen molar-refractivity contribution in [3.05, 3.63) is 60.3 Å². The number of carbonyl (C=O) groups is 1. The van der Waals surface area contributed by atoms with Crippen LogP contribution in [0.5, 0.6) is 0 Å². The number of amides is 1. The molecule has 0 radical (unpaired) electrons. The van der Waals surface area contributed by atoms with E-state index in [0.717, 1.165) is 75.0 Å². The summed E-state index contributed by atoms with van der Waals surface area (Å²) >= 11 is 0. The molecule has 1 amide bonds. The first-order valence-corrected chi connectivity index (χ1v) is 14.9. The summed E-state index contributed by atoms with van der Waals surface area (Å²) in [5, 5.41) is 10.1. The lowest BCUT2D eigenvalue weighted by Gasteiger charge is -2.40. The predicted molar refractivity (Wildman–Crippen MR) is 161 cm³/mol. The van der Waals surface area contributed by atoms with E-state index in [4.69, 9.17) is 9.15 Å². The summed E-state index contributed by atoms with van der Waals surface area (Å²) < 4.78 is 50.4. The highest BCUT2D eigenvalue weighted by molar-refractivity contribution is 5.86. The van der Waals surface area contributed by atoms with Crippen LogP contribution in [0.3, 0.4) is 0 Å². The summed E-state index contributed by atoms with van der Waals surface area (Å²) in [5.74, 6) is 0.579. The average Bonchev–Trinajstić information content (AvgIpc) is 3.42. The van der Waals surface area contributed by atoms with E-state index in [1.54, 1.807) is 24.4 Å². The van der Waals surface area contributed by atoms with Crippen molar-refractivity contribution in [2.45, 2.75) is 89.2 Å². The van der Waals surface area contributed by atoms with Gasteiger partial charge in [-0.25, -0.2) is 9.78 Å². The highest BCUT2D eigenvalue weighted by Gasteiger charge is 2.32. The molecule has 5 rings (SSSR count).